The quantitative estimate of drug-likeness (QED) is 0.570. The van der Waals surface area contributed by atoms with Crippen molar-refractivity contribution in [2.45, 2.75) is 6.42 Å². The molecule has 1 radical (unpaired) electrons. The Morgan fingerprint density at radius 3 is 2.46 bits per heavy atom. The van der Waals surface area contributed by atoms with E-state index in [0.29, 0.717) is 0 Å². The molecule has 5 nitrogen and oxygen atoms in total. The lowest BCUT2D eigenvalue weighted by atomic mass is 10.4. The molecule has 0 atom stereocenters. The van der Waals surface area contributed by atoms with Gasteiger partial charge in [0.05, 0.1) is 18.1 Å². The van der Waals surface area contributed by atoms with Crippen LogP contribution >= 0.6 is 0 Å². The molecule has 0 fully saturated rings. The fraction of sp³-hybridized carbons (Fsp3) is 0.714. The molecule has 13 heavy (non-hydrogen) atoms. The Morgan fingerprint density at radius 1 is 1.38 bits per heavy atom. The predicted octanol–water partition coefficient (Wildman–Crippen LogP) is -1.27. The first-order chi connectivity index (χ1) is 6.02. The third-order valence-electron chi connectivity index (χ3n) is 1.36. The van der Waals surface area contributed by atoms with Gasteiger partial charge in [-0.1, -0.05) is 0 Å². The van der Waals surface area contributed by atoms with Gasteiger partial charge in [-0.05, 0) is 6.92 Å². The average molecular weight is 208 g/mol. The zero-order valence-corrected chi connectivity index (χ0v) is 8.14. The molecule has 77 valence electrons. The Morgan fingerprint density at radius 2 is 2.00 bits per heavy atom. The first-order valence-electron chi connectivity index (χ1n) is 3.89. The lowest BCUT2D eigenvalue weighted by molar-refractivity contribution is -0.120. The maximum absolute atomic E-state index is 11.0. The minimum atomic E-state index is -3.28. The summed E-state index contributed by atoms with van der Waals surface area (Å²) in [4.78, 5) is 10.8. The minimum Gasteiger partial charge on any atom is -0.395 e. The Labute approximate surface area is 78.1 Å². The van der Waals surface area contributed by atoms with Crippen LogP contribution in [0, 0.1) is 6.92 Å². The average Bonchev–Trinajstić information content (AvgIpc) is 2.02. The molecular weight excluding hydrogens is 194 g/mol. The summed E-state index contributed by atoms with van der Waals surface area (Å²) in [6.07, 6.45) is -0.0716. The first-order valence-corrected chi connectivity index (χ1v) is 5.71. The number of hydrogen-bond acceptors (Lipinski definition) is 4. The number of hydrogen-bond donors (Lipinski definition) is 2. The van der Waals surface area contributed by atoms with E-state index in [1.54, 1.807) is 0 Å². The maximum atomic E-state index is 11.0. The van der Waals surface area contributed by atoms with Gasteiger partial charge in [0.15, 0.2) is 9.84 Å². The van der Waals surface area contributed by atoms with Crippen molar-refractivity contribution in [1.82, 2.24) is 5.32 Å². The van der Waals surface area contributed by atoms with Crippen LogP contribution in [0.1, 0.15) is 6.42 Å². The summed E-state index contributed by atoms with van der Waals surface area (Å²) in [6.45, 7) is 3.23. The fourth-order valence-corrected chi connectivity index (χ4v) is 1.70. The van der Waals surface area contributed by atoms with Gasteiger partial charge in [0.2, 0.25) is 5.91 Å². The zero-order chi connectivity index (χ0) is 10.3. The monoisotopic (exact) mass is 208 g/mol. The van der Waals surface area contributed by atoms with Gasteiger partial charge in [-0.15, -0.1) is 0 Å². The first kappa shape index (κ1) is 12.4. The number of carbonyl (C=O) groups is 1. The van der Waals surface area contributed by atoms with Crippen molar-refractivity contribution >= 4 is 15.7 Å². The second kappa shape index (κ2) is 5.93. The summed E-state index contributed by atoms with van der Waals surface area (Å²) in [7, 11) is -3.28. The molecule has 0 saturated heterocycles. The molecule has 0 aromatic carbocycles. The molecule has 0 aliphatic rings. The molecule has 0 aromatic heterocycles. The molecule has 1 amide bonds. The van der Waals surface area contributed by atoms with E-state index in [9.17, 15) is 13.2 Å². The van der Waals surface area contributed by atoms with Crippen LogP contribution in [0.2, 0.25) is 0 Å². The van der Waals surface area contributed by atoms with Gasteiger partial charge in [0, 0.05) is 13.0 Å². The van der Waals surface area contributed by atoms with Crippen LogP contribution in [0.15, 0.2) is 0 Å². The number of nitrogens with one attached hydrogen (secondary N) is 1. The summed E-state index contributed by atoms with van der Waals surface area (Å²) < 4.78 is 22.0. The van der Waals surface area contributed by atoms with Gasteiger partial charge in [-0.2, -0.15) is 0 Å². The lowest BCUT2D eigenvalue weighted by Gasteiger charge is -2.02. The highest BCUT2D eigenvalue weighted by atomic mass is 32.2. The van der Waals surface area contributed by atoms with E-state index in [1.807, 2.05) is 0 Å². The number of amides is 1. The van der Waals surface area contributed by atoms with Crippen molar-refractivity contribution in [1.29, 1.82) is 0 Å². The molecule has 0 rings (SSSR count). The largest absolute Gasteiger partial charge is 0.395 e. The predicted molar refractivity (Wildman–Crippen MR) is 48.7 cm³/mol. The number of aliphatic hydroxyl groups excluding tert-OH is 1. The summed E-state index contributed by atoms with van der Waals surface area (Å²) in [5, 5.41) is 10.8. The Balaban J connectivity index is 3.81. The van der Waals surface area contributed by atoms with E-state index in [2.05, 4.69) is 12.2 Å². The Hall–Kier alpha value is -0.620. The molecule has 2 N–H and O–H groups in total. The summed E-state index contributed by atoms with van der Waals surface area (Å²) in [5.41, 5.74) is 0. The molecule has 0 saturated carbocycles. The van der Waals surface area contributed by atoms with Crippen LogP contribution in [0.25, 0.3) is 0 Å². The molecule has 6 heteroatoms. The van der Waals surface area contributed by atoms with Crippen molar-refractivity contribution in [3.05, 3.63) is 6.92 Å². The lowest BCUT2D eigenvalue weighted by Crippen LogP contribution is -2.26. The molecule has 0 heterocycles. The molecule has 0 unspecified atom stereocenters. The standard InChI is InChI=1S/C7H14NO4S/c1-2-8-7(10)3-5-13(11,12)6-4-9/h9H,1-6H2,(H,8,10). The topological polar surface area (TPSA) is 83.5 Å². The van der Waals surface area contributed by atoms with E-state index < -0.39 is 16.4 Å². The molecule has 0 spiro atoms. The van der Waals surface area contributed by atoms with E-state index in [4.69, 9.17) is 5.11 Å². The molecule has 0 aromatic rings. The third kappa shape index (κ3) is 6.53. The summed E-state index contributed by atoms with van der Waals surface area (Å²) >= 11 is 0. The SMILES string of the molecule is [CH2]CNC(=O)CCS(=O)(=O)CCO. The minimum absolute atomic E-state index is 0.0716. The highest BCUT2D eigenvalue weighted by Crippen LogP contribution is 1.93. The van der Waals surface area contributed by atoms with Gasteiger partial charge in [-0.25, -0.2) is 8.42 Å². The Bertz CT molecular complexity index is 247. The second-order valence-electron chi connectivity index (χ2n) is 2.48. The zero-order valence-electron chi connectivity index (χ0n) is 7.32. The number of carbonyl (C=O) groups excluding carboxylic acids is 1. The van der Waals surface area contributed by atoms with Gasteiger partial charge < -0.3 is 10.4 Å². The number of sulfone groups is 1. The van der Waals surface area contributed by atoms with Crippen molar-refractivity contribution in [2.24, 2.45) is 0 Å². The third-order valence-corrected chi connectivity index (χ3v) is 3.00. The van der Waals surface area contributed by atoms with Crippen LogP contribution < -0.4 is 5.32 Å². The van der Waals surface area contributed by atoms with Crippen molar-refractivity contribution in [2.75, 3.05) is 24.7 Å². The van der Waals surface area contributed by atoms with Crippen LogP contribution in [0.5, 0.6) is 0 Å². The van der Waals surface area contributed by atoms with Crippen LogP contribution in [-0.4, -0.2) is 44.1 Å². The van der Waals surface area contributed by atoms with E-state index in [-0.39, 0.29) is 30.4 Å². The Kier molecular flexibility index (Phi) is 5.65. The van der Waals surface area contributed by atoms with E-state index in [1.165, 1.54) is 0 Å². The van der Waals surface area contributed by atoms with Crippen molar-refractivity contribution < 1.29 is 18.3 Å². The fourth-order valence-electron chi connectivity index (χ4n) is 0.717. The molecule has 0 bridgehead atoms. The van der Waals surface area contributed by atoms with Crippen LogP contribution in [-0.2, 0) is 14.6 Å². The van der Waals surface area contributed by atoms with Gasteiger partial charge >= 0.3 is 0 Å². The highest BCUT2D eigenvalue weighted by molar-refractivity contribution is 7.91. The number of rotatable bonds is 6. The van der Waals surface area contributed by atoms with Gasteiger partial charge in [0.25, 0.3) is 0 Å². The van der Waals surface area contributed by atoms with E-state index in [0.717, 1.165) is 0 Å². The van der Waals surface area contributed by atoms with Crippen molar-refractivity contribution in [3.8, 4) is 0 Å². The second-order valence-corrected chi connectivity index (χ2v) is 4.78. The highest BCUT2D eigenvalue weighted by Gasteiger charge is 2.11. The van der Waals surface area contributed by atoms with E-state index >= 15 is 0 Å². The van der Waals surface area contributed by atoms with Crippen LogP contribution in [0.3, 0.4) is 0 Å². The summed E-state index contributed by atoms with van der Waals surface area (Å²) in [6, 6.07) is 0. The van der Waals surface area contributed by atoms with Gasteiger partial charge in [0.1, 0.15) is 0 Å². The molecule has 0 aliphatic carbocycles. The smallest absolute Gasteiger partial charge is 0.221 e. The number of aliphatic hydroxyl groups is 1. The summed E-state index contributed by atoms with van der Waals surface area (Å²) in [5.74, 6) is -0.846. The van der Waals surface area contributed by atoms with Crippen molar-refractivity contribution in [3.63, 3.8) is 0 Å². The molecule has 0 aliphatic heterocycles. The maximum Gasteiger partial charge on any atom is 0.221 e. The van der Waals surface area contributed by atoms with Crippen LogP contribution in [0.4, 0.5) is 0 Å². The molecular formula is C7H14NO4S. The normalized spacial score (nSPS) is 11.2. The van der Waals surface area contributed by atoms with Gasteiger partial charge in [-0.3, -0.25) is 4.79 Å².